The van der Waals surface area contributed by atoms with Gasteiger partial charge in [-0.3, -0.25) is 9.59 Å². The topological polar surface area (TPSA) is 75.8 Å². The molecule has 0 spiro atoms. The van der Waals surface area contributed by atoms with Gasteiger partial charge in [0, 0.05) is 25.4 Å². The van der Waals surface area contributed by atoms with Crippen molar-refractivity contribution in [2.45, 2.75) is 44.9 Å². The molecule has 1 aromatic heterocycles. The standard InChI is InChI=1S/C18H23N3O2/c1-21-9-8-20-18(21)17(23)15(11-19)16(22)14-7-6-12-4-2-3-5-13(12)10-14/h8-9,12-15H,2-7,10H2,1H3/t12-,13+,14+,15+/m0/s1. The van der Waals surface area contributed by atoms with E-state index >= 15 is 0 Å². The zero-order valence-electron chi connectivity index (χ0n) is 13.6. The van der Waals surface area contributed by atoms with E-state index in [1.165, 1.54) is 31.9 Å². The van der Waals surface area contributed by atoms with Gasteiger partial charge in [0.25, 0.3) is 0 Å². The summed E-state index contributed by atoms with van der Waals surface area (Å²) in [5.74, 6) is -0.450. The molecule has 0 bridgehead atoms. The lowest BCUT2D eigenvalue weighted by atomic mass is 9.65. The van der Waals surface area contributed by atoms with Crippen molar-refractivity contribution in [3.05, 3.63) is 18.2 Å². The van der Waals surface area contributed by atoms with Crippen molar-refractivity contribution in [3.8, 4) is 6.07 Å². The Morgan fingerprint density at radius 2 is 2.00 bits per heavy atom. The van der Waals surface area contributed by atoms with E-state index in [9.17, 15) is 14.9 Å². The van der Waals surface area contributed by atoms with Gasteiger partial charge in [0.15, 0.2) is 17.5 Å². The Morgan fingerprint density at radius 1 is 1.26 bits per heavy atom. The summed E-state index contributed by atoms with van der Waals surface area (Å²) in [5.41, 5.74) is 0. The van der Waals surface area contributed by atoms with Crippen LogP contribution < -0.4 is 0 Å². The largest absolute Gasteiger partial charge is 0.332 e. The van der Waals surface area contributed by atoms with Crippen molar-refractivity contribution in [1.29, 1.82) is 5.26 Å². The molecule has 1 aromatic rings. The van der Waals surface area contributed by atoms with Crippen molar-refractivity contribution in [1.82, 2.24) is 9.55 Å². The third-order valence-corrected chi connectivity index (χ3v) is 5.66. The lowest BCUT2D eigenvalue weighted by molar-refractivity contribution is -0.126. The second kappa shape index (κ2) is 6.66. The maximum absolute atomic E-state index is 12.8. The average molecular weight is 313 g/mol. The molecule has 0 N–H and O–H groups in total. The first-order valence-corrected chi connectivity index (χ1v) is 8.56. The van der Waals surface area contributed by atoms with Gasteiger partial charge in [0.1, 0.15) is 0 Å². The molecule has 0 aliphatic heterocycles. The first kappa shape index (κ1) is 15.9. The minimum Gasteiger partial charge on any atom is -0.332 e. The molecule has 2 aliphatic carbocycles. The number of rotatable bonds is 4. The molecule has 4 atom stereocenters. The summed E-state index contributed by atoms with van der Waals surface area (Å²) in [6.45, 7) is 0. The molecule has 23 heavy (non-hydrogen) atoms. The number of hydrogen-bond donors (Lipinski definition) is 0. The first-order valence-electron chi connectivity index (χ1n) is 8.56. The van der Waals surface area contributed by atoms with Gasteiger partial charge >= 0.3 is 0 Å². The number of Topliss-reactive ketones (excluding diaryl/α,β-unsaturated/α-hetero) is 2. The van der Waals surface area contributed by atoms with Gasteiger partial charge in [-0.2, -0.15) is 5.26 Å². The minimum atomic E-state index is -1.21. The summed E-state index contributed by atoms with van der Waals surface area (Å²) < 4.78 is 1.57. The number of aryl methyl sites for hydroxylation is 1. The van der Waals surface area contributed by atoms with Gasteiger partial charge in [0.05, 0.1) is 6.07 Å². The van der Waals surface area contributed by atoms with Crippen LogP contribution in [-0.4, -0.2) is 21.1 Å². The van der Waals surface area contributed by atoms with Crippen LogP contribution in [0.5, 0.6) is 0 Å². The summed E-state index contributed by atoms with van der Waals surface area (Å²) in [6, 6.07) is 1.93. The number of aromatic nitrogens is 2. The van der Waals surface area contributed by atoms with Gasteiger partial charge in [-0.15, -0.1) is 0 Å². The fourth-order valence-corrected chi connectivity index (χ4v) is 4.35. The monoisotopic (exact) mass is 313 g/mol. The quantitative estimate of drug-likeness (QED) is 0.632. The average Bonchev–Trinajstić information content (AvgIpc) is 3.00. The molecule has 0 saturated heterocycles. The van der Waals surface area contributed by atoms with Crippen molar-refractivity contribution in [2.75, 3.05) is 0 Å². The van der Waals surface area contributed by atoms with Crippen LogP contribution in [0.3, 0.4) is 0 Å². The smallest absolute Gasteiger partial charge is 0.222 e. The van der Waals surface area contributed by atoms with Gasteiger partial charge < -0.3 is 4.57 Å². The number of fused-ring (bicyclic) bond motifs is 1. The highest BCUT2D eigenvalue weighted by Gasteiger charge is 2.40. The third-order valence-electron chi connectivity index (χ3n) is 5.66. The van der Waals surface area contributed by atoms with Crippen LogP contribution in [0.2, 0.25) is 0 Å². The number of carbonyl (C=O) groups excluding carboxylic acids is 2. The zero-order valence-corrected chi connectivity index (χ0v) is 13.6. The molecule has 2 saturated carbocycles. The van der Waals surface area contributed by atoms with E-state index in [1.54, 1.807) is 17.8 Å². The molecule has 5 heteroatoms. The van der Waals surface area contributed by atoms with E-state index in [2.05, 4.69) is 4.98 Å². The van der Waals surface area contributed by atoms with E-state index in [1.807, 2.05) is 6.07 Å². The lowest BCUT2D eigenvalue weighted by Gasteiger charge is -2.39. The molecule has 122 valence electrons. The van der Waals surface area contributed by atoms with Crippen LogP contribution in [-0.2, 0) is 11.8 Å². The number of nitriles is 1. The Morgan fingerprint density at radius 3 is 2.65 bits per heavy atom. The number of hydrogen-bond acceptors (Lipinski definition) is 4. The fraction of sp³-hybridized carbons (Fsp3) is 0.667. The van der Waals surface area contributed by atoms with E-state index in [0.29, 0.717) is 5.92 Å². The summed E-state index contributed by atoms with van der Waals surface area (Å²) in [5, 5.41) is 9.39. The second-order valence-electron chi connectivity index (χ2n) is 7.01. The predicted octanol–water partition coefficient (Wildman–Crippen LogP) is 2.92. The van der Waals surface area contributed by atoms with Gasteiger partial charge in [-0.05, 0) is 31.1 Å². The highest BCUT2D eigenvalue weighted by molar-refractivity contribution is 6.11. The third kappa shape index (κ3) is 3.08. The molecule has 5 nitrogen and oxygen atoms in total. The van der Waals surface area contributed by atoms with Crippen LogP contribution in [0.1, 0.15) is 55.6 Å². The molecule has 0 aromatic carbocycles. The SMILES string of the molecule is Cn1ccnc1C(=O)[C@H](C#N)C(=O)[C@@H]1CC[C@@H]2CCCC[C@@H]2C1. The Kier molecular flexibility index (Phi) is 4.61. The van der Waals surface area contributed by atoms with E-state index in [-0.39, 0.29) is 17.5 Å². The predicted molar refractivity (Wildman–Crippen MR) is 84.4 cm³/mol. The van der Waals surface area contributed by atoms with Crippen LogP contribution in [0, 0.1) is 35.0 Å². The Bertz CT molecular complexity index is 643. The Balaban J connectivity index is 1.72. The van der Waals surface area contributed by atoms with E-state index in [0.717, 1.165) is 25.2 Å². The van der Waals surface area contributed by atoms with Crippen LogP contribution in [0.25, 0.3) is 0 Å². The summed E-state index contributed by atoms with van der Waals surface area (Å²) in [7, 11) is 1.70. The highest BCUT2D eigenvalue weighted by atomic mass is 16.2. The Hall–Kier alpha value is -1.96. The Labute approximate surface area is 136 Å². The van der Waals surface area contributed by atoms with Gasteiger partial charge in [0.2, 0.25) is 5.78 Å². The lowest BCUT2D eigenvalue weighted by Crippen LogP contribution is -2.36. The molecule has 1 heterocycles. The number of nitrogens with zero attached hydrogens (tertiary/aromatic N) is 3. The number of ketones is 2. The van der Waals surface area contributed by atoms with Crippen LogP contribution >= 0.6 is 0 Å². The van der Waals surface area contributed by atoms with Crippen molar-refractivity contribution >= 4 is 11.6 Å². The van der Waals surface area contributed by atoms with Gasteiger partial charge in [-0.25, -0.2) is 4.98 Å². The van der Waals surface area contributed by atoms with Gasteiger partial charge in [-0.1, -0.05) is 25.7 Å². The number of carbonyl (C=O) groups is 2. The molecule has 0 unspecified atom stereocenters. The maximum Gasteiger partial charge on any atom is 0.222 e. The second-order valence-corrected chi connectivity index (χ2v) is 7.01. The van der Waals surface area contributed by atoms with Crippen molar-refractivity contribution < 1.29 is 9.59 Å². The highest BCUT2D eigenvalue weighted by Crippen LogP contribution is 2.43. The summed E-state index contributed by atoms with van der Waals surface area (Å²) >= 11 is 0. The summed E-state index contributed by atoms with van der Waals surface area (Å²) in [6.07, 6.45) is 10.9. The van der Waals surface area contributed by atoms with Crippen molar-refractivity contribution in [2.24, 2.45) is 30.7 Å². The first-order chi connectivity index (χ1) is 11.1. The number of imidazole rings is 1. The maximum atomic E-state index is 12.8. The molecular formula is C18H23N3O2. The van der Waals surface area contributed by atoms with Crippen LogP contribution in [0.15, 0.2) is 12.4 Å². The molecule has 3 rings (SSSR count). The van der Waals surface area contributed by atoms with E-state index < -0.39 is 11.7 Å². The zero-order chi connectivity index (χ0) is 16.4. The van der Waals surface area contributed by atoms with Crippen LogP contribution in [0.4, 0.5) is 0 Å². The molecule has 2 fully saturated rings. The van der Waals surface area contributed by atoms with E-state index in [4.69, 9.17) is 0 Å². The summed E-state index contributed by atoms with van der Waals surface area (Å²) in [4.78, 5) is 29.3. The normalized spacial score (nSPS) is 28.4. The minimum absolute atomic E-state index is 0.136. The molecule has 0 amide bonds. The molecule has 2 aliphatic rings. The fourth-order valence-electron chi connectivity index (χ4n) is 4.35. The molecular weight excluding hydrogens is 290 g/mol. The van der Waals surface area contributed by atoms with Crippen molar-refractivity contribution in [3.63, 3.8) is 0 Å². The molecule has 0 radical (unpaired) electrons.